The molecule has 1 aromatic heterocycles. The van der Waals surface area contributed by atoms with Gasteiger partial charge in [0.1, 0.15) is 4.90 Å². The minimum atomic E-state index is -3.66. The van der Waals surface area contributed by atoms with E-state index in [0.29, 0.717) is 19.5 Å². The van der Waals surface area contributed by atoms with Crippen molar-refractivity contribution in [3.05, 3.63) is 6.20 Å². The van der Waals surface area contributed by atoms with Crippen molar-refractivity contribution in [3.63, 3.8) is 0 Å². The van der Waals surface area contributed by atoms with Crippen LogP contribution in [0.5, 0.6) is 0 Å². The van der Waals surface area contributed by atoms with Crippen LogP contribution in [0.15, 0.2) is 11.1 Å². The number of aryl methyl sites for hydroxylation is 1. The number of nitrogens with two attached hydrogens (primary N) is 1. The topological polar surface area (TPSA) is 110 Å². The maximum atomic E-state index is 12.3. The van der Waals surface area contributed by atoms with E-state index < -0.39 is 10.0 Å². The Bertz CT molecular complexity index is 522. The van der Waals surface area contributed by atoms with E-state index in [4.69, 9.17) is 10.8 Å². The highest BCUT2D eigenvalue weighted by molar-refractivity contribution is 7.89. The van der Waals surface area contributed by atoms with Crippen molar-refractivity contribution in [1.82, 2.24) is 14.5 Å². The highest BCUT2D eigenvalue weighted by atomic mass is 32.2. The number of nitrogens with one attached hydrogen (secondary N) is 1. The summed E-state index contributed by atoms with van der Waals surface area (Å²) in [6.07, 6.45) is 4.71. The van der Waals surface area contributed by atoms with E-state index in [1.807, 2.05) is 13.8 Å². The Balaban J connectivity index is 2.76. The van der Waals surface area contributed by atoms with Gasteiger partial charge in [-0.05, 0) is 25.2 Å². The van der Waals surface area contributed by atoms with Crippen LogP contribution in [0.1, 0.15) is 39.5 Å². The standard InChI is InChI=1S/C13H26N4O3S/c1-3-5-11(6-8-18)9-15-21(19,20)12-10-17(7-4-2)16-13(12)14/h10-11,15,18H,3-9H2,1-2H3,(H2,14,16). The lowest BCUT2D eigenvalue weighted by atomic mass is 10.0. The van der Waals surface area contributed by atoms with Crippen molar-refractivity contribution in [2.45, 2.75) is 51.0 Å². The van der Waals surface area contributed by atoms with Gasteiger partial charge < -0.3 is 10.8 Å². The summed E-state index contributed by atoms with van der Waals surface area (Å²) in [5.74, 6) is 0.145. The molecule has 1 atom stereocenters. The van der Waals surface area contributed by atoms with Gasteiger partial charge in [0, 0.05) is 25.9 Å². The summed E-state index contributed by atoms with van der Waals surface area (Å²) in [5, 5.41) is 13.0. The molecule has 0 fully saturated rings. The average Bonchev–Trinajstić information content (AvgIpc) is 2.79. The summed E-state index contributed by atoms with van der Waals surface area (Å²) in [6.45, 7) is 5.00. The summed E-state index contributed by atoms with van der Waals surface area (Å²) < 4.78 is 28.7. The molecule has 0 aromatic carbocycles. The maximum absolute atomic E-state index is 12.3. The monoisotopic (exact) mass is 318 g/mol. The van der Waals surface area contributed by atoms with Gasteiger partial charge in [0.05, 0.1) is 0 Å². The summed E-state index contributed by atoms with van der Waals surface area (Å²) >= 11 is 0. The van der Waals surface area contributed by atoms with Gasteiger partial charge >= 0.3 is 0 Å². The predicted molar refractivity (Wildman–Crippen MR) is 82.2 cm³/mol. The first-order chi connectivity index (χ1) is 9.94. The molecule has 1 rings (SSSR count). The third-order valence-electron chi connectivity index (χ3n) is 3.29. The van der Waals surface area contributed by atoms with Crippen molar-refractivity contribution in [2.75, 3.05) is 18.9 Å². The largest absolute Gasteiger partial charge is 0.396 e. The molecular formula is C13H26N4O3S. The van der Waals surface area contributed by atoms with Gasteiger partial charge in [0.25, 0.3) is 0 Å². The number of aliphatic hydroxyl groups is 1. The van der Waals surface area contributed by atoms with Crippen LogP contribution in [-0.2, 0) is 16.6 Å². The van der Waals surface area contributed by atoms with E-state index in [1.165, 1.54) is 6.20 Å². The predicted octanol–water partition coefficient (Wildman–Crippen LogP) is 0.952. The highest BCUT2D eigenvalue weighted by Crippen LogP contribution is 2.17. The zero-order chi connectivity index (χ0) is 15.9. The minimum absolute atomic E-state index is 0.0187. The molecule has 0 aliphatic rings. The van der Waals surface area contributed by atoms with Gasteiger partial charge in [-0.3, -0.25) is 4.68 Å². The fraction of sp³-hybridized carbons (Fsp3) is 0.769. The molecule has 1 unspecified atom stereocenters. The summed E-state index contributed by atoms with van der Waals surface area (Å²) in [4.78, 5) is 0.0233. The molecule has 122 valence electrons. The summed E-state index contributed by atoms with van der Waals surface area (Å²) in [7, 11) is -3.66. The smallest absolute Gasteiger partial charge is 0.245 e. The lowest BCUT2D eigenvalue weighted by Gasteiger charge is -2.15. The lowest BCUT2D eigenvalue weighted by Crippen LogP contribution is -2.30. The molecule has 0 radical (unpaired) electrons. The van der Waals surface area contributed by atoms with Crippen molar-refractivity contribution in [2.24, 2.45) is 5.92 Å². The third kappa shape index (κ3) is 5.29. The third-order valence-corrected chi connectivity index (χ3v) is 4.73. The van der Waals surface area contributed by atoms with Crippen molar-refractivity contribution in [3.8, 4) is 0 Å². The quantitative estimate of drug-likeness (QED) is 0.595. The molecule has 0 saturated carbocycles. The molecule has 0 saturated heterocycles. The second-order valence-electron chi connectivity index (χ2n) is 5.16. The Morgan fingerprint density at radius 2 is 2.10 bits per heavy atom. The molecule has 0 spiro atoms. The fourth-order valence-electron chi connectivity index (χ4n) is 2.21. The molecule has 0 amide bonds. The van der Waals surface area contributed by atoms with Crippen LogP contribution >= 0.6 is 0 Å². The molecule has 21 heavy (non-hydrogen) atoms. The number of anilines is 1. The van der Waals surface area contributed by atoms with Crippen LogP contribution in [0, 0.1) is 5.92 Å². The lowest BCUT2D eigenvalue weighted by molar-refractivity contribution is 0.251. The van der Waals surface area contributed by atoms with E-state index in [1.54, 1.807) is 4.68 Å². The van der Waals surface area contributed by atoms with Crippen LogP contribution in [0.4, 0.5) is 5.82 Å². The zero-order valence-corrected chi connectivity index (χ0v) is 13.6. The first-order valence-electron chi connectivity index (χ1n) is 7.38. The van der Waals surface area contributed by atoms with Crippen LogP contribution < -0.4 is 10.5 Å². The highest BCUT2D eigenvalue weighted by Gasteiger charge is 2.22. The van der Waals surface area contributed by atoms with E-state index in [2.05, 4.69) is 9.82 Å². The number of sulfonamides is 1. The molecule has 7 nitrogen and oxygen atoms in total. The number of aromatic nitrogens is 2. The van der Waals surface area contributed by atoms with E-state index in [-0.39, 0.29) is 23.2 Å². The summed E-state index contributed by atoms with van der Waals surface area (Å²) in [6, 6.07) is 0. The summed E-state index contributed by atoms with van der Waals surface area (Å²) in [5.41, 5.74) is 5.69. The second-order valence-corrected chi connectivity index (χ2v) is 6.90. The van der Waals surface area contributed by atoms with Gasteiger partial charge in [-0.2, -0.15) is 5.10 Å². The molecule has 4 N–H and O–H groups in total. The number of hydrogen-bond donors (Lipinski definition) is 3. The molecule has 1 heterocycles. The van der Waals surface area contributed by atoms with E-state index in [9.17, 15) is 8.42 Å². The average molecular weight is 318 g/mol. The Morgan fingerprint density at radius 3 is 2.67 bits per heavy atom. The van der Waals surface area contributed by atoms with Crippen LogP contribution in [0.3, 0.4) is 0 Å². The Kier molecular flexibility index (Phi) is 7.13. The minimum Gasteiger partial charge on any atom is -0.396 e. The second kappa shape index (κ2) is 8.35. The van der Waals surface area contributed by atoms with Crippen molar-refractivity contribution >= 4 is 15.8 Å². The van der Waals surface area contributed by atoms with Gasteiger partial charge in [-0.15, -0.1) is 0 Å². The van der Waals surface area contributed by atoms with Gasteiger partial charge in [-0.25, -0.2) is 13.1 Å². The number of nitrogen functional groups attached to an aromatic ring is 1. The molecular weight excluding hydrogens is 292 g/mol. The molecule has 0 aliphatic carbocycles. The Hall–Kier alpha value is -1.12. The fourth-order valence-corrected chi connectivity index (χ4v) is 3.40. The molecule has 1 aromatic rings. The van der Waals surface area contributed by atoms with Crippen LogP contribution in [0.2, 0.25) is 0 Å². The van der Waals surface area contributed by atoms with Crippen molar-refractivity contribution in [1.29, 1.82) is 0 Å². The molecule has 0 aliphatic heterocycles. The van der Waals surface area contributed by atoms with Gasteiger partial charge in [0.15, 0.2) is 5.82 Å². The maximum Gasteiger partial charge on any atom is 0.245 e. The SMILES string of the molecule is CCCC(CCO)CNS(=O)(=O)c1cn(CCC)nc1N. The number of nitrogens with zero attached hydrogens (tertiary/aromatic N) is 2. The van der Waals surface area contributed by atoms with Crippen LogP contribution in [-0.4, -0.2) is 36.5 Å². The molecule has 0 bridgehead atoms. The van der Waals surface area contributed by atoms with Crippen LogP contribution in [0.25, 0.3) is 0 Å². The zero-order valence-electron chi connectivity index (χ0n) is 12.7. The van der Waals surface area contributed by atoms with E-state index in [0.717, 1.165) is 19.3 Å². The van der Waals surface area contributed by atoms with Crippen molar-refractivity contribution < 1.29 is 13.5 Å². The van der Waals surface area contributed by atoms with Gasteiger partial charge in [0.2, 0.25) is 10.0 Å². The number of aliphatic hydroxyl groups excluding tert-OH is 1. The first kappa shape index (κ1) is 17.9. The number of rotatable bonds is 10. The molecule has 8 heteroatoms. The van der Waals surface area contributed by atoms with Gasteiger partial charge in [-0.1, -0.05) is 20.3 Å². The first-order valence-corrected chi connectivity index (χ1v) is 8.86. The normalized spacial score (nSPS) is 13.5. The number of hydrogen-bond acceptors (Lipinski definition) is 5. The van der Waals surface area contributed by atoms with E-state index >= 15 is 0 Å². The Labute approximate surface area is 126 Å². The Morgan fingerprint density at radius 1 is 1.38 bits per heavy atom.